The summed E-state index contributed by atoms with van der Waals surface area (Å²) in [6.07, 6.45) is 56.5. The number of rotatable bonds is 40. The highest BCUT2D eigenvalue weighted by molar-refractivity contribution is 5.77. The van der Waals surface area contributed by atoms with E-state index >= 15 is 0 Å². The topological polar surface area (TPSA) is 95.9 Å². The normalized spacial score (nSPS) is 14.1. The summed E-state index contributed by atoms with van der Waals surface area (Å²) in [6, 6.07) is -0.727. The van der Waals surface area contributed by atoms with Crippen LogP contribution in [-0.2, 0) is 14.3 Å². The minimum atomic E-state index is -0.809. The number of allylic oxidation sites excluding steroid dienone is 14. The van der Waals surface area contributed by atoms with E-state index in [0.717, 1.165) is 70.6 Å². The number of aliphatic hydroxyl groups excluding tert-OH is 2. The lowest BCUT2D eigenvalue weighted by Gasteiger charge is -2.24. The number of carbonyl (C=O) groups excluding carboxylic acids is 2. The molecular weight excluding hydrogens is 707 g/mol. The van der Waals surface area contributed by atoms with Crippen molar-refractivity contribution in [3.63, 3.8) is 0 Å². The molecule has 0 aliphatic heterocycles. The Labute approximate surface area is 351 Å². The zero-order valence-corrected chi connectivity index (χ0v) is 36.9. The number of ether oxygens (including phenoxy) is 1. The maximum atomic E-state index is 13.1. The van der Waals surface area contributed by atoms with Crippen molar-refractivity contribution < 1.29 is 24.5 Å². The third-order valence-corrected chi connectivity index (χ3v) is 10.1. The Morgan fingerprint density at radius 3 is 1.47 bits per heavy atom. The van der Waals surface area contributed by atoms with Crippen LogP contribution in [0, 0.1) is 0 Å². The summed E-state index contributed by atoms with van der Waals surface area (Å²) in [5.74, 6) is -0.564. The number of esters is 1. The van der Waals surface area contributed by atoms with Gasteiger partial charge in [0.2, 0.25) is 5.91 Å². The number of nitrogens with one attached hydrogen (secondary N) is 1. The first-order chi connectivity index (χ1) is 28.0. The van der Waals surface area contributed by atoms with E-state index in [-0.39, 0.29) is 24.9 Å². The summed E-state index contributed by atoms with van der Waals surface area (Å²) >= 11 is 0. The Balaban J connectivity index is 4.67. The van der Waals surface area contributed by atoms with Crippen LogP contribution in [0.25, 0.3) is 0 Å². The van der Waals surface area contributed by atoms with Gasteiger partial charge in [0.15, 0.2) is 0 Å². The number of aliphatic hydroxyl groups is 2. The van der Waals surface area contributed by atoms with E-state index in [9.17, 15) is 19.8 Å². The molecule has 3 unspecified atom stereocenters. The molecule has 0 heterocycles. The van der Waals surface area contributed by atoms with E-state index < -0.39 is 18.2 Å². The smallest absolute Gasteiger partial charge is 0.306 e. The van der Waals surface area contributed by atoms with Crippen molar-refractivity contribution in [2.45, 2.75) is 219 Å². The summed E-state index contributed by atoms with van der Waals surface area (Å²) in [5, 5.41) is 23.6. The van der Waals surface area contributed by atoms with Gasteiger partial charge in [0.05, 0.1) is 25.2 Å². The fourth-order valence-electron chi connectivity index (χ4n) is 6.62. The summed E-state index contributed by atoms with van der Waals surface area (Å²) in [4.78, 5) is 26.0. The van der Waals surface area contributed by atoms with E-state index in [1.807, 2.05) is 36.5 Å². The Morgan fingerprint density at radius 2 is 0.965 bits per heavy atom. The molecule has 0 aromatic carbocycles. The van der Waals surface area contributed by atoms with Crippen LogP contribution in [0.5, 0.6) is 0 Å². The fraction of sp³-hybridized carbons (Fsp3) is 0.686. The molecule has 0 saturated carbocycles. The Morgan fingerprint density at radius 1 is 0.526 bits per heavy atom. The van der Waals surface area contributed by atoms with Crippen molar-refractivity contribution in [1.82, 2.24) is 5.32 Å². The Hall–Kier alpha value is -2.96. The molecule has 0 aromatic heterocycles. The first kappa shape index (κ1) is 54.0. The molecule has 1 amide bonds. The van der Waals surface area contributed by atoms with Crippen LogP contribution < -0.4 is 5.32 Å². The van der Waals surface area contributed by atoms with Gasteiger partial charge in [0.25, 0.3) is 0 Å². The molecular formula is C51H87NO5. The molecule has 6 nitrogen and oxygen atoms in total. The minimum Gasteiger partial charge on any atom is -0.462 e. The van der Waals surface area contributed by atoms with Gasteiger partial charge in [0, 0.05) is 6.42 Å². The van der Waals surface area contributed by atoms with Crippen molar-refractivity contribution in [3.05, 3.63) is 85.1 Å². The molecule has 0 radical (unpaired) electrons. The summed E-state index contributed by atoms with van der Waals surface area (Å²) in [5.41, 5.74) is 0. The van der Waals surface area contributed by atoms with E-state index in [0.29, 0.717) is 19.3 Å². The summed E-state index contributed by atoms with van der Waals surface area (Å²) in [7, 11) is 0. The highest BCUT2D eigenvalue weighted by atomic mass is 16.5. The standard InChI is InChI=1S/C51H87NO5/c1-4-7-10-13-16-19-22-24-25-26-29-32-35-38-41-44-51(56)57-47(42-39-36-33-30-27-21-18-15-12-9-6-3)45-50(55)52-48(46-53)49(54)43-40-37-34-31-28-23-20-17-14-11-8-5-2/h7,9-10,12-13,15-16,18-19,21-22,27,30,33,47-49,53-54H,4-6,8,11,14,17,20,23-26,28-29,31-32,34-46H2,1-3H3,(H,52,55)/b10-7+,12-9+,16-13+,18-15+,22-19+,27-21-,33-30-. The van der Waals surface area contributed by atoms with Gasteiger partial charge in [-0.2, -0.15) is 0 Å². The van der Waals surface area contributed by atoms with Crippen LogP contribution in [0.1, 0.15) is 201 Å². The summed E-state index contributed by atoms with van der Waals surface area (Å²) < 4.78 is 5.86. The zero-order valence-electron chi connectivity index (χ0n) is 36.9. The summed E-state index contributed by atoms with van der Waals surface area (Å²) in [6.45, 7) is 6.16. The molecule has 0 fully saturated rings. The van der Waals surface area contributed by atoms with E-state index in [1.54, 1.807) is 0 Å². The molecule has 0 aliphatic carbocycles. The lowest BCUT2D eigenvalue weighted by atomic mass is 10.0. The zero-order chi connectivity index (χ0) is 41.7. The Bertz CT molecular complexity index is 1120. The van der Waals surface area contributed by atoms with Crippen LogP contribution in [0.4, 0.5) is 0 Å². The number of amides is 1. The second-order valence-electron chi connectivity index (χ2n) is 15.5. The Kier molecular flexibility index (Phi) is 41.9. The van der Waals surface area contributed by atoms with Gasteiger partial charge in [-0.3, -0.25) is 9.59 Å². The molecule has 6 heteroatoms. The number of hydrogen-bond acceptors (Lipinski definition) is 5. The predicted octanol–water partition coefficient (Wildman–Crippen LogP) is 13.6. The van der Waals surface area contributed by atoms with Gasteiger partial charge in [-0.1, -0.05) is 215 Å². The first-order valence-corrected chi connectivity index (χ1v) is 23.4. The number of unbranched alkanes of at least 4 members (excludes halogenated alkanes) is 19. The number of hydrogen-bond donors (Lipinski definition) is 3. The average Bonchev–Trinajstić information content (AvgIpc) is 3.20. The SMILES string of the molecule is CC/C=C/C=C/C=C\C=C/CCCC(CC(=O)NC(CO)C(O)CCCCCCCCCCCCCC)OC(=O)CCCCCCCCC/C=C/C=C/C=C/CC. The van der Waals surface area contributed by atoms with Gasteiger partial charge in [0.1, 0.15) is 6.10 Å². The van der Waals surface area contributed by atoms with Crippen LogP contribution in [0.2, 0.25) is 0 Å². The van der Waals surface area contributed by atoms with Crippen molar-refractivity contribution in [2.24, 2.45) is 0 Å². The van der Waals surface area contributed by atoms with Crippen molar-refractivity contribution >= 4 is 11.9 Å². The second kappa shape index (κ2) is 44.1. The van der Waals surface area contributed by atoms with Crippen molar-refractivity contribution in [3.8, 4) is 0 Å². The van der Waals surface area contributed by atoms with Gasteiger partial charge in [-0.25, -0.2) is 0 Å². The van der Waals surface area contributed by atoms with Crippen molar-refractivity contribution in [1.29, 1.82) is 0 Å². The van der Waals surface area contributed by atoms with Gasteiger partial charge in [-0.05, 0) is 57.8 Å². The lowest BCUT2D eigenvalue weighted by Crippen LogP contribution is -2.46. The molecule has 0 aromatic rings. The highest BCUT2D eigenvalue weighted by Crippen LogP contribution is 2.16. The molecule has 0 spiro atoms. The minimum absolute atomic E-state index is 0.0225. The molecule has 3 N–H and O–H groups in total. The molecule has 0 saturated heterocycles. The van der Waals surface area contributed by atoms with Crippen LogP contribution in [0.3, 0.4) is 0 Å². The maximum Gasteiger partial charge on any atom is 0.306 e. The number of carbonyl (C=O) groups is 2. The largest absolute Gasteiger partial charge is 0.462 e. The maximum absolute atomic E-state index is 13.1. The lowest BCUT2D eigenvalue weighted by molar-refractivity contribution is -0.151. The highest BCUT2D eigenvalue weighted by Gasteiger charge is 2.24. The van der Waals surface area contributed by atoms with Crippen LogP contribution in [0.15, 0.2) is 85.1 Å². The second-order valence-corrected chi connectivity index (χ2v) is 15.5. The van der Waals surface area contributed by atoms with Crippen LogP contribution >= 0.6 is 0 Å². The predicted molar refractivity (Wildman–Crippen MR) is 245 cm³/mol. The fourth-order valence-corrected chi connectivity index (χ4v) is 6.62. The third kappa shape index (κ3) is 39.6. The van der Waals surface area contributed by atoms with Crippen molar-refractivity contribution in [2.75, 3.05) is 6.61 Å². The molecule has 3 atom stereocenters. The quantitative estimate of drug-likeness (QED) is 0.0326. The average molecular weight is 794 g/mol. The molecule has 57 heavy (non-hydrogen) atoms. The monoisotopic (exact) mass is 794 g/mol. The first-order valence-electron chi connectivity index (χ1n) is 23.4. The van der Waals surface area contributed by atoms with E-state index in [2.05, 4.69) is 74.7 Å². The van der Waals surface area contributed by atoms with Gasteiger partial charge >= 0.3 is 5.97 Å². The molecule has 0 aliphatic rings. The molecule has 0 rings (SSSR count). The van der Waals surface area contributed by atoms with Crippen LogP contribution in [-0.4, -0.2) is 46.9 Å². The van der Waals surface area contributed by atoms with Gasteiger partial charge < -0.3 is 20.3 Å². The van der Waals surface area contributed by atoms with E-state index in [1.165, 1.54) is 83.5 Å². The molecule has 0 bridgehead atoms. The van der Waals surface area contributed by atoms with Gasteiger partial charge in [-0.15, -0.1) is 0 Å². The third-order valence-electron chi connectivity index (χ3n) is 10.1. The molecule has 326 valence electrons. The van der Waals surface area contributed by atoms with E-state index in [4.69, 9.17) is 4.74 Å².